The van der Waals surface area contributed by atoms with Gasteiger partial charge >= 0.3 is 0 Å². The van der Waals surface area contributed by atoms with Gasteiger partial charge in [-0.3, -0.25) is 0 Å². The van der Waals surface area contributed by atoms with E-state index in [0.717, 1.165) is 12.5 Å². The lowest BCUT2D eigenvalue weighted by atomic mass is 9.98. The third kappa shape index (κ3) is 5.51. The number of thiophene rings is 1. The molecule has 16 heavy (non-hydrogen) atoms. The highest BCUT2D eigenvalue weighted by Gasteiger charge is 2.11. The van der Waals surface area contributed by atoms with Gasteiger partial charge in [-0.25, -0.2) is 0 Å². The maximum atomic E-state index is 3.54. The van der Waals surface area contributed by atoms with Crippen molar-refractivity contribution in [3.63, 3.8) is 0 Å². The Morgan fingerprint density at radius 3 is 2.69 bits per heavy atom. The predicted molar refractivity (Wildman–Crippen MR) is 76.1 cm³/mol. The summed E-state index contributed by atoms with van der Waals surface area (Å²) < 4.78 is 0. The second kappa shape index (κ2) is 9.25. The molecule has 1 aliphatic heterocycles. The van der Waals surface area contributed by atoms with Gasteiger partial charge in [0.05, 0.1) is 0 Å². The first-order valence-electron chi connectivity index (χ1n) is 5.39. The first kappa shape index (κ1) is 16.2. The minimum absolute atomic E-state index is 0. The van der Waals surface area contributed by atoms with Crippen LogP contribution >= 0.6 is 36.2 Å². The minimum Gasteiger partial charge on any atom is -0.317 e. The molecule has 0 aromatic carbocycles. The van der Waals surface area contributed by atoms with Crippen molar-refractivity contribution in [2.75, 3.05) is 19.6 Å². The van der Waals surface area contributed by atoms with Crippen molar-refractivity contribution in [1.29, 1.82) is 0 Å². The van der Waals surface area contributed by atoms with Gasteiger partial charge in [0.25, 0.3) is 0 Å². The molecule has 0 aliphatic carbocycles. The highest BCUT2D eigenvalue weighted by Crippen LogP contribution is 2.11. The molecule has 1 aromatic rings. The summed E-state index contributed by atoms with van der Waals surface area (Å²) in [6.07, 6.45) is 2.66. The van der Waals surface area contributed by atoms with Crippen LogP contribution in [0.15, 0.2) is 17.5 Å². The highest BCUT2D eigenvalue weighted by atomic mass is 35.5. The van der Waals surface area contributed by atoms with E-state index in [1.165, 1.54) is 37.4 Å². The van der Waals surface area contributed by atoms with Crippen molar-refractivity contribution in [2.24, 2.45) is 5.92 Å². The number of halogens is 2. The van der Waals surface area contributed by atoms with Gasteiger partial charge in [0.2, 0.25) is 0 Å². The Labute approximate surface area is 114 Å². The van der Waals surface area contributed by atoms with Gasteiger partial charge in [-0.1, -0.05) is 6.07 Å². The number of rotatable bonds is 4. The number of piperidine rings is 1. The van der Waals surface area contributed by atoms with Crippen LogP contribution in [-0.2, 0) is 6.54 Å². The lowest BCUT2D eigenvalue weighted by molar-refractivity contribution is 0.357. The second-order valence-electron chi connectivity index (χ2n) is 3.90. The summed E-state index contributed by atoms with van der Waals surface area (Å²) in [4.78, 5) is 1.44. The molecule has 2 N–H and O–H groups in total. The molecule has 1 saturated heterocycles. The van der Waals surface area contributed by atoms with Gasteiger partial charge in [-0.2, -0.15) is 0 Å². The Kier molecular flexibility index (Phi) is 9.37. The molecule has 0 atom stereocenters. The molecule has 0 saturated carbocycles. The fourth-order valence-corrected chi connectivity index (χ4v) is 2.57. The van der Waals surface area contributed by atoms with Crippen LogP contribution in [0.3, 0.4) is 0 Å². The molecule has 1 aliphatic rings. The summed E-state index contributed by atoms with van der Waals surface area (Å²) in [5.74, 6) is 0.885. The van der Waals surface area contributed by atoms with Gasteiger partial charge in [-0.15, -0.1) is 36.2 Å². The van der Waals surface area contributed by atoms with Gasteiger partial charge < -0.3 is 10.6 Å². The number of hydrogen-bond acceptors (Lipinski definition) is 3. The smallest absolute Gasteiger partial charge is 0.0299 e. The van der Waals surface area contributed by atoms with Gasteiger partial charge in [0.15, 0.2) is 0 Å². The largest absolute Gasteiger partial charge is 0.317 e. The molecule has 94 valence electrons. The molecule has 1 aromatic heterocycles. The van der Waals surface area contributed by atoms with E-state index in [2.05, 4.69) is 28.1 Å². The van der Waals surface area contributed by atoms with Crippen LogP contribution in [0, 0.1) is 5.92 Å². The summed E-state index contributed by atoms with van der Waals surface area (Å²) in [6.45, 7) is 4.62. The predicted octanol–water partition coefficient (Wildman–Crippen LogP) is 2.68. The molecule has 0 amide bonds. The lowest BCUT2D eigenvalue weighted by Crippen LogP contribution is -2.33. The monoisotopic (exact) mass is 282 g/mol. The average Bonchev–Trinajstić information content (AvgIpc) is 2.72. The van der Waals surface area contributed by atoms with E-state index in [1.807, 2.05) is 11.3 Å². The quantitative estimate of drug-likeness (QED) is 0.887. The van der Waals surface area contributed by atoms with E-state index >= 15 is 0 Å². The van der Waals surface area contributed by atoms with E-state index in [1.54, 1.807) is 0 Å². The van der Waals surface area contributed by atoms with E-state index in [0.29, 0.717) is 0 Å². The molecule has 2 nitrogen and oxygen atoms in total. The van der Waals surface area contributed by atoms with Crippen molar-refractivity contribution < 1.29 is 0 Å². The molecule has 5 heteroatoms. The highest BCUT2D eigenvalue weighted by molar-refractivity contribution is 7.09. The molecule has 2 rings (SSSR count). The SMILES string of the molecule is Cl.Cl.c1csc(CNCC2CCNCC2)c1. The van der Waals surface area contributed by atoms with Crippen molar-refractivity contribution in [2.45, 2.75) is 19.4 Å². The zero-order chi connectivity index (χ0) is 9.64. The molecule has 0 radical (unpaired) electrons. The zero-order valence-corrected chi connectivity index (χ0v) is 11.7. The summed E-state index contributed by atoms with van der Waals surface area (Å²) in [6, 6.07) is 4.31. The fraction of sp³-hybridized carbons (Fsp3) is 0.636. The van der Waals surface area contributed by atoms with Gasteiger partial charge in [-0.05, 0) is 49.8 Å². The Balaban J connectivity index is 0.00000112. The van der Waals surface area contributed by atoms with Crippen LogP contribution in [0.1, 0.15) is 17.7 Å². The molecule has 1 fully saturated rings. The van der Waals surface area contributed by atoms with Crippen LogP contribution in [0.5, 0.6) is 0 Å². The Morgan fingerprint density at radius 1 is 1.31 bits per heavy atom. The summed E-state index contributed by atoms with van der Waals surface area (Å²) >= 11 is 1.83. The molecule has 0 unspecified atom stereocenters. The van der Waals surface area contributed by atoms with Crippen molar-refractivity contribution in [3.05, 3.63) is 22.4 Å². The van der Waals surface area contributed by atoms with Crippen LogP contribution in [0.25, 0.3) is 0 Å². The summed E-state index contributed by atoms with van der Waals surface area (Å²) in [5, 5.41) is 9.07. The van der Waals surface area contributed by atoms with Crippen molar-refractivity contribution >= 4 is 36.2 Å². The van der Waals surface area contributed by atoms with E-state index in [4.69, 9.17) is 0 Å². The van der Waals surface area contributed by atoms with Gasteiger partial charge in [0, 0.05) is 11.4 Å². The maximum Gasteiger partial charge on any atom is 0.0299 e. The lowest BCUT2D eigenvalue weighted by Gasteiger charge is -2.22. The average molecular weight is 283 g/mol. The Bertz CT molecular complexity index is 248. The van der Waals surface area contributed by atoms with E-state index < -0.39 is 0 Å². The first-order chi connectivity index (χ1) is 6.95. The fourth-order valence-electron chi connectivity index (χ4n) is 1.90. The van der Waals surface area contributed by atoms with Crippen LogP contribution in [-0.4, -0.2) is 19.6 Å². The minimum atomic E-state index is 0. The van der Waals surface area contributed by atoms with E-state index in [-0.39, 0.29) is 24.8 Å². The normalized spacial score (nSPS) is 16.2. The van der Waals surface area contributed by atoms with Gasteiger partial charge in [0.1, 0.15) is 0 Å². The molecular weight excluding hydrogens is 263 g/mol. The molecule has 2 heterocycles. The van der Waals surface area contributed by atoms with Crippen molar-refractivity contribution in [3.8, 4) is 0 Å². The third-order valence-electron chi connectivity index (χ3n) is 2.77. The second-order valence-corrected chi connectivity index (χ2v) is 4.94. The van der Waals surface area contributed by atoms with Crippen LogP contribution in [0.4, 0.5) is 0 Å². The number of nitrogens with one attached hydrogen (secondary N) is 2. The summed E-state index contributed by atoms with van der Waals surface area (Å²) in [5.41, 5.74) is 0. The molecule has 0 spiro atoms. The van der Waals surface area contributed by atoms with Crippen LogP contribution in [0.2, 0.25) is 0 Å². The first-order valence-corrected chi connectivity index (χ1v) is 6.27. The van der Waals surface area contributed by atoms with E-state index in [9.17, 15) is 0 Å². The molecular formula is C11H20Cl2N2S. The maximum absolute atomic E-state index is 3.54. The standard InChI is InChI=1S/C11H18N2S.2ClH/c1-2-11(14-7-1)9-13-8-10-3-5-12-6-4-10;;/h1-2,7,10,12-13H,3-6,8-9H2;2*1H. The zero-order valence-electron chi connectivity index (χ0n) is 9.28. The van der Waals surface area contributed by atoms with Crippen molar-refractivity contribution in [1.82, 2.24) is 10.6 Å². The topological polar surface area (TPSA) is 24.1 Å². The third-order valence-corrected chi connectivity index (χ3v) is 3.65. The molecule has 0 bridgehead atoms. The van der Waals surface area contributed by atoms with Crippen LogP contribution < -0.4 is 10.6 Å². The summed E-state index contributed by atoms with van der Waals surface area (Å²) in [7, 11) is 0. The Hall–Kier alpha value is 0.200. The Morgan fingerprint density at radius 2 is 2.06 bits per heavy atom. The number of hydrogen-bond donors (Lipinski definition) is 2.